The number of nitrogens with one attached hydrogen (secondary N) is 1. The van der Waals surface area contributed by atoms with Gasteiger partial charge in [-0.25, -0.2) is 9.97 Å². The van der Waals surface area contributed by atoms with E-state index in [0.717, 1.165) is 0 Å². The number of carbonyl (C=O) groups is 1. The second-order valence-corrected chi connectivity index (χ2v) is 4.80. The van der Waals surface area contributed by atoms with Gasteiger partial charge in [-0.05, 0) is 47.1 Å². The molecule has 0 aliphatic rings. The number of halogens is 2. The Bertz CT molecular complexity index is 604. The summed E-state index contributed by atoms with van der Waals surface area (Å²) in [6.07, 6.45) is 1.56. The van der Waals surface area contributed by atoms with Gasteiger partial charge in [-0.1, -0.05) is 11.6 Å². The topological polar surface area (TPSA) is 54.9 Å². The van der Waals surface area contributed by atoms with Crippen molar-refractivity contribution in [2.75, 3.05) is 5.32 Å². The second-order valence-electron chi connectivity index (χ2n) is 3.55. The van der Waals surface area contributed by atoms with E-state index in [1.807, 2.05) is 0 Å². The van der Waals surface area contributed by atoms with Crippen LogP contribution in [0.1, 0.15) is 16.2 Å². The smallest absolute Gasteiger partial charge is 0.275 e. The van der Waals surface area contributed by atoms with Gasteiger partial charge in [0.15, 0.2) is 0 Å². The molecule has 6 heteroatoms. The van der Waals surface area contributed by atoms with E-state index in [-0.39, 0.29) is 5.91 Å². The van der Waals surface area contributed by atoms with Gasteiger partial charge < -0.3 is 5.32 Å². The summed E-state index contributed by atoms with van der Waals surface area (Å²) in [6, 6.07) is 6.84. The minimum atomic E-state index is -0.297. The summed E-state index contributed by atoms with van der Waals surface area (Å²) in [5.41, 5.74) is 1.59. The minimum Gasteiger partial charge on any atom is -0.319 e. The van der Waals surface area contributed by atoms with E-state index >= 15 is 0 Å². The first-order valence-corrected chi connectivity index (χ1v) is 6.30. The molecule has 0 aliphatic heterocycles. The first-order valence-electron chi connectivity index (χ1n) is 5.13. The molecule has 0 aromatic carbocycles. The normalized spacial score (nSPS) is 10.2. The summed E-state index contributed by atoms with van der Waals surface area (Å²) in [5, 5.41) is 3.14. The van der Waals surface area contributed by atoms with Gasteiger partial charge in [0.05, 0.1) is 11.4 Å². The molecule has 0 saturated carbocycles. The second kappa shape index (κ2) is 5.46. The van der Waals surface area contributed by atoms with E-state index in [9.17, 15) is 4.79 Å². The number of rotatable bonds is 2. The number of hydrogen-bond acceptors (Lipinski definition) is 3. The zero-order valence-electron chi connectivity index (χ0n) is 9.45. The van der Waals surface area contributed by atoms with Crippen LogP contribution in [-0.4, -0.2) is 15.9 Å². The zero-order valence-corrected chi connectivity index (χ0v) is 11.8. The molecule has 0 bridgehead atoms. The van der Waals surface area contributed by atoms with Crippen LogP contribution >= 0.6 is 27.5 Å². The summed E-state index contributed by atoms with van der Waals surface area (Å²) in [6.45, 7) is 1.77. The molecule has 0 fully saturated rings. The molecule has 2 aromatic rings. The third-order valence-electron chi connectivity index (χ3n) is 2.27. The van der Waals surface area contributed by atoms with Crippen molar-refractivity contribution < 1.29 is 4.79 Å². The fourth-order valence-electron chi connectivity index (χ4n) is 1.40. The molecule has 1 N–H and O–H groups in total. The van der Waals surface area contributed by atoms with Crippen LogP contribution in [0.5, 0.6) is 0 Å². The highest BCUT2D eigenvalue weighted by Crippen LogP contribution is 2.18. The van der Waals surface area contributed by atoms with Crippen LogP contribution < -0.4 is 5.32 Å². The first-order chi connectivity index (χ1) is 8.58. The molecule has 0 atom stereocenters. The molecular weight excluding hydrogens is 318 g/mol. The number of pyridine rings is 2. The van der Waals surface area contributed by atoms with E-state index < -0.39 is 0 Å². The van der Waals surface area contributed by atoms with Crippen molar-refractivity contribution in [2.45, 2.75) is 6.92 Å². The summed E-state index contributed by atoms with van der Waals surface area (Å²) in [5.74, 6) is -0.297. The maximum absolute atomic E-state index is 12.0. The molecule has 18 heavy (non-hydrogen) atoms. The van der Waals surface area contributed by atoms with Gasteiger partial charge >= 0.3 is 0 Å². The van der Waals surface area contributed by atoms with Crippen LogP contribution in [0, 0.1) is 6.92 Å². The maximum atomic E-state index is 12.0. The molecule has 1 amide bonds. The van der Waals surface area contributed by atoms with E-state index in [1.54, 1.807) is 37.4 Å². The molecule has 92 valence electrons. The standard InChI is InChI=1S/C12H9BrClN3O/c1-7-9(4-5-10(14)16-7)17-12(18)11-8(13)3-2-6-15-11/h2-6H,1H3,(H,17,18). The molecule has 4 nitrogen and oxygen atoms in total. The van der Waals surface area contributed by atoms with Crippen molar-refractivity contribution in [1.29, 1.82) is 0 Å². The van der Waals surface area contributed by atoms with Crippen LogP contribution in [0.4, 0.5) is 5.69 Å². The van der Waals surface area contributed by atoms with Crippen molar-refractivity contribution in [3.8, 4) is 0 Å². The largest absolute Gasteiger partial charge is 0.319 e. The van der Waals surface area contributed by atoms with E-state index in [2.05, 4.69) is 31.2 Å². The number of carbonyl (C=O) groups excluding carboxylic acids is 1. The quantitative estimate of drug-likeness (QED) is 0.860. The first kappa shape index (κ1) is 13.0. The summed E-state index contributed by atoms with van der Waals surface area (Å²) in [7, 11) is 0. The van der Waals surface area contributed by atoms with Crippen LogP contribution in [0.3, 0.4) is 0 Å². The van der Waals surface area contributed by atoms with Gasteiger partial charge in [-0.3, -0.25) is 4.79 Å². The van der Waals surface area contributed by atoms with Gasteiger partial charge in [-0.2, -0.15) is 0 Å². The number of aryl methyl sites for hydroxylation is 1. The molecular formula is C12H9BrClN3O. The fraction of sp³-hybridized carbons (Fsp3) is 0.0833. The molecule has 2 heterocycles. The van der Waals surface area contributed by atoms with Crippen LogP contribution in [-0.2, 0) is 0 Å². The predicted molar refractivity (Wildman–Crippen MR) is 73.9 cm³/mol. The zero-order chi connectivity index (χ0) is 13.1. The third kappa shape index (κ3) is 2.86. The maximum Gasteiger partial charge on any atom is 0.275 e. The Morgan fingerprint density at radius 3 is 2.83 bits per heavy atom. The minimum absolute atomic E-state index is 0.297. The number of hydrogen-bond donors (Lipinski definition) is 1. The van der Waals surface area contributed by atoms with Gasteiger partial charge in [0.2, 0.25) is 0 Å². The molecule has 2 rings (SSSR count). The van der Waals surface area contributed by atoms with E-state index in [4.69, 9.17) is 11.6 Å². The van der Waals surface area contributed by atoms with Gasteiger partial charge in [0, 0.05) is 10.7 Å². The van der Waals surface area contributed by atoms with Crippen molar-refractivity contribution in [3.63, 3.8) is 0 Å². The van der Waals surface area contributed by atoms with Crippen molar-refractivity contribution in [2.24, 2.45) is 0 Å². The fourth-order valence-corrected chi connectivity index (χ4v) is 2.02. The van der Waals surface area contributed by atoms with Gasteiger partial charge in [-0.15, -0.1) is 0 Å². The van der Waals surface area contributed by atoms with E-state index in [1.165, 1.54) is 0 Å². The number of amides is 1. The summed E-state index contributed by atoms with van der Waals surface area (Å²) in [4.78, 5) is 20.1. The lowest BCUT2D eigenvalue weighted by atomic mass is 10.3. The van der Waals surface area contributed by atoms with E-state index in [0.29, 0.717) is 26.7 Å². The monoisotopic (exact) mass is 325 g/mol. The Balaban J connectivity index is 2.24. The average molecular weight is 327 g/mol. The SMILES string of the molecule is Cc1nc(Cl)ccc1NC(=O)c1ncccc1Br. The number of aromatic nitrogens is 2. The van der Waals surface area contributed by atoms with Crippen LogP contribution in [0.2, 0.25) is 5.15 Å². The molecule has 0 spiro atoms. The number of anilines is 1. The third-order valence-corrected chi connectivity index (χ3v) is 3.12. The van der Waals surface area contributed by atoms with Crippen molar-refractivity contribution in [1.82, 2.24) is 9.97 Å². The molecule has 0 saturated heterocycles. The van der Waals surface area contributed by atoms with Crippen LogP contribution in [0.15, 0.2) is 34.9 Å². The van der Waals surface area contributed by atoms with Gasteiger partial charge in [0.1, 0.15) is 10.8 Å². The Morgan fingerprint density at radius 2 is 2.17 bits per heavy atom. The van der Waals surface area contributed by atoms with Crippen molar-refractivity contribution >= 4 is 39.1 Å². The Labute approximate surface area is 118 Å². The highest BCUT2D eigenvalue weighted by Gasteiger charge is 2.12. The summed E-state index contributed by atoms with van der Waals surface area (Å²) >= 11 is 9.03. The molecule has 0 unspecified atom stereocenters. The molecule has 0 aliphatic carbocycles. The van der Waals surface area contributed by atoms with Gasteiger partial charge in [0.25, 0.3) is 5.91 Å². The molecule has 2 aromatic heterocycles. The predicted octanol–water partition coefficient (Wildman–Crippen LogP) is 3.45. The highest BCUT2D eigenvalue weighted by molar-refractivity contribution is 9.10. The lowest BCUT2D eigenvalue weighted by Crippen LogP contribution is -2.15. The highest BCUT2D eigenvalue weighted by atomic mass is 79.9. The lowest BCUT2D eigenvalue weighted by molar-refractivity contribution is 0.102. The average Bonchev–Trinajstić information content (AvgIpc) is 2.33. The number of nitrogens with zero attached hydrogens (tertiary/aromatic N) is 2. The lowest BCUT2D eigenvalue weighted by Gasteiger charge is -2.08. The Morgan fingerprint density at radius 1 is 1.39 bits per heavy atom. The Kier molecular flexibility index (Phi) is 3.93. The Hall–Kier alpha value is -1.46. The molecule has 0 radical (unpaired) electrons. The van der Waals surface area contributed by atoms with Crippen molar-refractivity contribution in [3.05, 3.63) is 51.5 Å². The van der Waals surface area contributed by atoms with Crippen LogP contribution in [0.25, 0.3) is 0 Å². The summed E-state index contributed by atoms with van der Waals surface area (Å²) < 4.78 is 0.641.